The Bertz CT molecular complexity index is 388. The van der Waals surface area contributed by atoms with Crippen LogP contribution in [0.4, 0.5) is 5.69 Å². The number of hydrogen-bond donors (Lipinski definition) is 2. The maximum absolute atomic E-state index is 5.81. The average Bonchev–Trinajstić information content (AvgIpc) is 2.47. The van der Waals surface area contributed by atoms with E-state index in [1.54, 1.807) is 0 Å². The van der Waals surface area contributed by atoms with Crippen molar-refractivity contribution in [1.82, 2.24) is 4.98 Å². The molecule has 0 radical (unpaired) electrons. The number of fused-ring (bicyclic) bond motifs is 1. The summed E-state index contributed by atoms with van der Waals surface area (Å²) in [5.74, 6) is 0. The van der Waals surface area contributed by atoms with E-state index < -0.39 is 0 Å². The summed E-state index contributed by atoms with van der Waals surface area (Å²) in [6.45, 7) is 5.98. The van der Waals surface area contributed by atoms with E-state index >= 15 is 0 Å². The molecule has 0 atom stereocenters. The lowest BCUT2D eigenvalue weighted by atomic mass is 10.2. The molecule has 0 aliphatic rings. The van der Waals surface area contributed by atoms with E-state index in [1.165, 1.54) is 0 Å². The van der Waals surface area contributed by atoms with Gasteiger partial charge in [-0.25, -0.2) is 0 Å². The summed E-state index contributed by atoms with van der Waals surface area (Å²) < 4.78 is 0. The molecular formula is C11H16N2. The number of aromatic nitrogens is 1. The number of para-hydroxylation sites is 1. The Morgan fingerprint density at radius 3 is 2.38 bits per heavy atom. The monoisotopic (exact) mass is 176 g/mol. The van der Waals surface area contributed by atoms with Gasteiger partial charge in [0.05, 0.1) is 5.69 Å². The normalized spacial score (nSPS) is 9.46. The van der Waals surface area contributed by atoms with Crippen LogP contribution in [0.15, 0.2) is 24.3 Å². The molecule has 3 N–H and O–H groups in total. The van der Waals surface area contributed by atoms with Crippen molar-refractivity contribution in [3.63, 3.8) is 0 Å². The first-order valence-corrected chi connectivity index (χ1v) is 4.62. The number of hydrogen-bond acceptors (Lipinski definition) is 1. The molecular weight excluding hydrogens is 160 g/mol. The predicted molar refractivity (Wildman–Crippen MR) is 58.8 cm³/mol. The fraction of sp³-hybridized carbons (Fsp3) is 0.273. The Kier molecular flexibility index (Phi) is 2.96. The van der Waals surface area contributed by atoms with E-state index in [-0.39, 0.29) is 0 Å². The molecule has 70 valence electrons. The van der Waals surface area contributed by atoms with Crippen molar-refractivity contribution < 1.29 is 0 Å². The second kappa shape index (κ2) is 3.99. The van der Waals surface area contributed by atoms with Crippen molar-refractivity contribution in [2.24, 2.45) is 0 Å². The van der Waals surface area contributed by atoms with E-state index in [0.717, 1.165) is 22.3 Å². The molecule has 0 amide bonds. The van der Waals surface area contributed by atoms with Crippen LogP contribution in [0.3, 0.4) is 0 Å². The van der Waals surface area contributed by atoms with Gasteiger partial charge in [-0.15, -0.1) is 0 Å². The average molecular weight is 176 g/mol. The zero-order chi connectivity index (χ0) is 9.84. The van der Waals surface area contributed by atoms with Crippen LogP contribution in [0.5, 0.6) is 0 Å². The molecule has 0 fully saturated rings. The van der Waals surface area contributed by atoms with Crippen LogP contribution in [0.2, 0.25) is 0 Å². The van der Waals surface area contributed by atoms with E-state index in [1.807, 2.05) is 45.0 Å². The fourth-order valence-electron chi connectivity index (χ4n) is 1.30. The summed E-state index contributed by atoms with van der Waals surface area (Å²) in [6, 6.07) is 8.04. The van der Waals surface area contributed by atoms with Crippen molar-refractivity contribution in [2.75, 3.05) is 5.73 Å². The van der Waals surface area contributed by atoms with Gasteiger partial charge in [0.2, 0.25) is 0 Å². The topological polar surface area (TPSA) is 41.8 Å². The molecule has 2 nitrogen and oxygen atoms in total. The Morgan fingerprint density at radius 1 is 1.15 bits per heavy atom. The number of H-pyrrole nitrogens is 1. The Labute approximate surface area is 78.8 Å². The van der Waals surface area contributed by atoms with Crippen LogP contribution in [0, 0.1) is 6.92 Å². The van der Waals surface area contributed by atoms with Crippen LogP contribution in [-0.4, -0.2) is 4.98 Å². The van der Waals surface area contributed by atoms with Gasteiger partial charge in [-0.1, -0.05) is 32.0 Å². The number of benzene rings is 1. The minimum absolute atomic E-state index is 0.862. The third-order valence-corrected chi connectivity index (χ3v) is 1.94. The first-order chi connectivity index (χ1) is 6.29. The number of anilines is 1. The van der Waals surface area contributed by atoms with E-state index in [9.17, 15) is 0 Å². The Hall–Kier alpha value is -1.44. The Balaban J connectivity index is 0.000000396. The molecule has 2 aromatic rings. The van der Waals surface area contributed by atoms with Gasteiger partial charge in [-0.3, -0.25) is 0 Å². The number of nitrogen functional groups attached to an aromatic ring is 1. The van der Waals surface area contributed by atoms with E-state index in [0.29, 0.717) is 0 Å². The number of aryl methyl sites for hydroxylation is 1. The van der Waals surface area contributed by atoms with Gasteiger partial charge in [0.1, 0.15) is 0 Å². The maximum Gasteiger partial charge on any atom is 0.0602 e. The number of nitrogens with one attached hydrogen (secondary N) is 1. The zero-order valence-corrected chi connectivity index (χ0v) is 8.39. The SMILES string of the molecule is CC.Cc1[nH]c2ccccc2c1N. The van der Waals surface area contributed by atoms with Gasteiger partial charge in [0.25, 0.3) is 0 Å². The molecule has 0 aliphatic carbocycles. The van der Waals surface area contributed by atoms with Crippen LogP contribution in [-0.2, 0) is 0 Å². The highest BCUT2D eigenvalue weighted by Gasteiger charge is 2.01. The lowest BCUT2D eigenvalue weighted by molar-refractivity contribution is 1.30. The summed E-state index contributed by atoms with van der Waals surface area (Å²) >= 11 is 0. The van der Waals surface area contributed by atoms with Gasteiger partial charge in [0, 0.05) is 16.6 Å². The third-order valence-electron chi connectivity index (χ3n) is 1.94. The minimum atomic E-state index is 0.862. The van der Waals surface area contributed by atoms with Crippen molar-refractivity contribution in [3.05, 3.63) is 30.0 Å². The van der Waals surface area contributed by atoms with Gasteiger partial charge in [-0.05, 0) is 13.0 Å². The quantitative estimate of drug-likeness (QED) is 0.636. The third kappa shape index (κ3) is 1.66. The van der Waals surface area contributed by atoms with Crippen molar-refractivity contribution in [3.8, 4) is 0 Å². The summed E-state index contributed by atoms with van der Waals surface area (Å²) in [7, 11) is 0. The predicted octanol–water partition coefficient (Wildman–Crippen LogP) is 3.08. The second-order valence-corrected chi connectivity index (χ2v) is 2.71. The van der Waals surface area contributed by atoms with Crippen molar-refractivity contribution in [1.29, 1.82) is 0 Å². The van der Waals surface area contributed by atoms with Gasteiger partial charge >= 0.3 is 0 Å². The van der Waals surface area contributed by atoms with E-state index in [4.69, 9.17) is 5.73 Å². The molecule has 0 bridgehead atoms. The summed E-state index contributed by atoms with van der Waals surface area (Å²) in [4.78, 5) is 3.20. The maximum atomic E-state index is 5.81. The van der Waals surface area contributed by atoms with Gasteiger partial charge in [-0.2, -0.15) is 0 Å². The summed E-state index contributed by atoms with van der Waals surface area (Å²) in [6.07, 6.45) is 0. The molecule has 1 heterocycles. The highest BCUT2D eigenvalue weighted by atomic mass is 14.8. The molecule has 1 aromatic carbocycles. The molecule has 0 saturated carbocycles. The Morgan fingerprint density at radius 2 is 1.77 bits per heavy atom. The highest BCUT2D eigenvalue weighted by Crippen LogP contribution is 2.22. The largest absolute Gasteiger partial charge is 0.397 e. The molecule has 2 heteroatoms. The lowest BCUT2D eigenvalue weighted by Gasteiger charge is -1.88. The summed E-state index contributed by atoms with van der Waals surface area (Å²) in [5.41, 5.74) is 8.83. The molecule has 2 rings (SSSR count). The molecule has 0 unspecified atom stereocenters. The van der Waals surface area contributed by atoms with E-state index in [2.05, 4.69) is 4.98 Å². The van der Waals surface area contributed by atoms with Gasteiger partial charge < -0.3 is 10.7 Å². The first kappa shape index (κ1) is 9.65. The molecule has 1 aromatic heterocycles. The van der Waals surface area contributed by atoms with Crippen LogP contribution < -0.4 is 5.73 Å². The van der Waals surface area contributed by atoms with Crippen molar-refractivity contribution in [2.45, 2.75) is 20.8 Å². The number of rotatable bonds is 0. The fourth-order valence-corrected chi connectivity index (χ4v) is 1.30. The van der Waals surface area contributed by atoms with Crippen LogP contribution in [0.1, 0.15) is 19.5 Å². The number of aromatic amines is 1. The van der Waals surface area contributed by atoms with Crippen LogP contribution in [0.25, 0.3) is 10.9 Å². The van der Waals surface area contributed by atoms with Crippen molar-refractivity contribution >= 4 is 16.6 Å². The minimum Gasteiger partial charge on any atom is -0.397 e. The first-order valence-electron chi connectivity index (χ1n) is 4.62. The zero-order valence-electron chi connectivity index (χ0n) is 8.39. The molecule has 0 aliphatic heterocycles. The molecule has 13 heavy (non-hydrogen) atoms. The number of nitrogens with two attached hydrogens (primary N) is 1. The van der Waals surface area contributed by atoms with Crippen LogP contribution >= 0.6 is 0 Å². The summed E-state index contributed by atoms with van der Waals surface area (Å²) in [5, 5.41) is 1.12. The molecule has 0 spiro atoms. The van der Waals surface area contributed by atoms with Gasteiger partial charge in [0.15, 0.2) is 0 Å². The smallest absolute Gasteiger partial charge is 0.0602 e. The lowest BCUT2D eigenvalue weighted by Crippen LogP contribution is -1.83. The molecule has 0 saturated heterocycles. The highest BCUT2D eigenvalue weighted by molar-refractivity contribution is 5.92. The second-order valence-electron chi connectivity index (χ2n) is 2.71. The standard InChI is InChI=1S/C9H10N2.C2H6/c1-6-9(10)7-4-2-3-5-8(7)11-6;1-2/h2-5,11H,10H2,1H3;1-2H3.